The topological polar surface area (TPSA) is 18.5 Å². The number of hydrogen-bond donors (Lipinski definition) is 0. The summed E-state index contributed by atoms with van der Waals surface area (Å²) in [5, 5.41) is 0. The van der Waals surface area contributed by atoms with E-state index in [9.17, 15) is 22.0 Å². The van der Waals surface area contributed by atoms with Crippen molar-refractivity contribution in [1.82, 2.24) is 0 Å². The van der Waals surface area contributed by atoms with E-state index in [1.165, 1.54) is 19.3 Å². The van der Waals surface area contributed by atoms with Crippen LogP contribution in [0.15, 0.2) is 12.1 Å². The summed E-state index contributed by atoms with van der Waals surface area (Å²) in [6.45, 7) is 2.93. The summed E-state index contributed by atoms with van der Waals surface area (Å²) in [5.41, 5.74) is 0. The number of unbranched alkanes of at least 4 members (excludes halogenated alkanes) is 1. The summed E-state index contributed by atoms with van der Waals surface area (Å²) in [7, 11) is 0. The van der Waals surface area contributed by atoms with Gasteiger partial charge in [-0.1, -0.05) is 19.8 Å². The van der Waals surface area contributed by atoms with Crippen LogP contribution in [0.3, 0.4) is 0 Å². The average molecular weight is 420 g/mol. The number of ether oxygens (including phenoxy) is 2. The first-order chi connectivity index (χ1) is 13.8. The van der Waals surface area contributed by atoms with Crippen LogP contribution in [0.1, 0.15) is 64.7 Å². The largest absolute Gasteiger partial charge is 0.432 e. The molecule has 1 aromatic rings. The van der Waals surface area contributed by atoms with Crippen molar-refractivity contribution < 1.29 is 31.4 Å². The van der Waals surface area contributed by atoms with E-state index in [1.54, 1.807) is 0 Å². The average Bonchev–Trinajstić information content (AvgIpc) is 2.70. The fourth-order valence-corrected chi connectivity index (χ4v) is 4.58. The minimum Gasteiger partial charge on any atom is -0.432 e. The molecule has 3 rings (SSSR count). The molecule has 0 aromatic heterocycles. The van der Waals surface area contributed by atoms with Crippen LogP contribution >= 0.6 is 0 Å². The third kappa shape index (κ3) is 5.62. The zero-order chi connectivity index (χ0) is 21.0. The van der Waals surface area contributed by atoms with Crippen LogP contribution in [0.4, 0.5) is 22.0 Å². The number of benzene rings is 1. The van der Waals surface area contributed by atoms with E-state index in [0.29, 0.717) is 30.9 Å². The van der Waals surface area contributed by atoms with Crippen molar-refractivity contribution in [3.8, 4) is 5.75 Å². The lowest BCUT2D eigenvalue weighted by atomic mass is 9.76. The first-order valence-corrected chi connectivity index (χ1v) is 10.6. The molecule has 2 aliphatic rings. The van der Waals surface area contributed by atoms with Crippen molar-refractivity contribution in [3.05, 3.63) is 29.6 Å². The van der Waals surface area contributed by atoms with E-state index >= 15 is 0 Å². The van der Waals surface area contributed by atoms with Crippen LogP contribution in [-0.4, -0.2) is 18.8 Å². The molecular formula is C22H29F5O2. The minimum atomic E-state index is -3.57. The van der Waals surface area contributed by atoms with Crippen molar-refractivity contribution in [2.45, 2.75) is 76.9 Å². The molecule has 0 bridgehead atoms. The predicted octanol–water partition coefficient (Wildman–Crippen LogP) is 6.87. The van der Waals surface area contributed by atoms with Crippen LogP contribution in [0, 0.1) is 35.2 Å². The number of rotatable bonds is 7. The van der Waals surface area contributed by atoms with Gasteiger partial charge < -0.3 is 9.47 Å². The maximum absolute atomic E-state index is 14.5. The lowest BCUT2D eigenvalue weighted by molar-refractivity contribution is -0.225. The Labute approximate surface area is 168 Å². The molecule has 1 saturated carbocycles. The molecule has 0 N–H and O–H groups in total. The van der Waals surface area contributed by atoms with E-state index in [1.807, 2.05) is 0 Å². The molecule has 1 saturated heterocycles. The van der Waals surface area contributed by atoms with Crippen molar-refractivity contribution in [3.63, 3.8) is 0 Å². The summed E-state index contributed by atoms with van der Waals surface area (Å²) in [5.74, 6) is -5.69. The number of halogens is 5. The van der Waals surface area contributed by atoms with Gasteiger partial charge in [-0.2, -0.15) is 8.78 Å². The second kappa shape index (κ2) is 9.63. The Bertz CT molecular complexity index is 642. The minimum absolute atomic E-state index is 0.128. The van der Waals surface area contributed by atoms with Gasteiger partial charge in [0.05, 0.1) is 12.0 Å². The van der Waals surface area contributed by atoms with Gasteiger partial charge >= 0.3 is 6.11 Å². The van der Waals surface area contributed by atoms with Gasteiger partial charge in [0.2, 0.25) is 0 Å². The molecule has 1 aromatic carbocycles. The molecule has 0 unspecified atom stereocenters. The molecule has 1 aliphatic heterocycles. The predicted molar refractivity (Wildman–Crippen MR) is 99.3 cm³/mol. The molecule has 0 amide bonds. The molecule has 2 atom stereocenters. The lowest BCUT2D eigenvalue weighted by Gasteiger charge is -2.39. The van der Waals surface area contributed by atoms with Crippen molar-refractivity contribution in [2.24, 2.45) is 17.8 Å². The summed E-state index contributed by atoms with van der Waals surface area (Å²) in [4.78, 5) is 0. The van der Waals surface area contributed by atoms with Crippen LogP contribution < -0.4 is 4.74 Å². The smallest absolute Gasteiger partial charge is 0.400 e. The molecule has 0 spiro atoms. The highest BCUT2D eigenvalue weighted by atomic mass is 19.3. The van der Waals surface area contributed by atoms with Gasteiger partial charge in [-0.05, 0) is 56.8 Å². The molecule has 1 heterocycles. The molecule has 0 radical (unpaired) electrons. The van der Waals surface area contributed by atoms with Gasteiger partial charge in [-0.15, -0.1) is 0 Å². The monoisotopic (exact) mass is 420 g/mol. The Morgan fingerprint density at radius 3 is 2.21 bits per heavy atom. The van der Waals surface area contributed by atoms with Gasteiger partial charge in [0.15, 0.2) is 17.5 Å². The molecule has 29 heavy (non-hydrogen) atoms. The fourth-order valence-electron chi connectivity index (χ4n) is 4.58. The van der Waals surface area contributed by atoms with E-state index in [2.05, 4.69) is 11.7 Å². The lowest BCUT2D eigenvalue weighted by Crippen LogP contribution is -2.40. The Hall–Kier alpha value is -1.37. The summed E-state index contributed by atoms with van der Waals surface area (Å²) in [6.07, 6.45) is 3.97. The number of alkyl halides is 2. The maximum Gasteiger partial charge on any atom is 0.400 e. The zero-order valence-corrected chi connectivity index (χ0v) is 16.7. The number of hydrogen-bond acceptors (Lipinski definition) is 2. The van der Waals surface area contributed by atoms with E-state index in [0.717, 1.165) is 19.4 Å². The molecule has 1 aliphatic carbocycles. The van der Waals surface area contributed by atoms with Crippen molar-refractivity contribution in [2.75, 3.05) is 6.61 Å². The van der Waals surface area contributed by atoms with Gasteiger partial charge in [0.1, 0.15) is 5.75 Å². The SMILES string of the molecule is CCCC[C@@H]1CC[C@@H](C2CCC(C(F)(F)Oc3cc(F)c(F)c(F)c3)CC2)OC1. The van der Waals surface area contributed by atoms with Crippen LogP contribution in [-0.2, 0) is 4.74 Å². The molecular weight excluding hydrogens is 391 g/mol. The highest BCUT2D eigenvalue weighted by molar-refractivity contribution is 5.25. The summed E-state index contributed by atoms with van der Waals surface area (Å²) in [6, 6.07) is 0.894. The van der Waals surface area contributed by atoms with Gasteiger partial charge in [-0.3, -0.25) is 0 Å². The second-order valence-corrected chi connectivity index (χ2v) is 8.43. The molecule has 2 nitrogen and oxygen atoms in total. The van der Waals surface area contributed by atoms with Gasteiger partial charge in [0, 0.05) is 18.7 Å². The first kappa shape index (κ1) is 22.3. The zero-order valence-electron chi connectivity index (χ0n) is 16.7. The Morgan fingerprint density at radius 1 is 1.00 bits per heavy atom. The normalized spacial score (nSPS) is 28.3. The van der Waals surface area contributed by atoms with Crippen molar-refractivity contribution in [1.29, 1.82) is 0 Å². The van der Waals surface area contributed by atoms with Gasteiger partial charge in [-0.25, -0.2) is 13.2 Å². The Morgan fingerprint density at radius 2 is 1.66 bits per heavy atom. The summed E-state index contributed by atoms with van der Waals surface area (Å²) < 4.78 is 79.1. The van der Waals surface area contributed by atoms with E-state index < -0.39 is 35.2 Å². The molecule has 164 valence electrons. The highest BCUT2D eigenvalue weighted by Gasteiger charge is 2.45. The Balaban J connectivity index is 1.49. The molecule has 2 fully saturated rings. The Kier molecular flexibility index (Phi) is 7.41. The quantitative estimate of drug-likeness (QED) is 0.354. The standard InChI is InChI=1S/C22H29F5O2/c1-2-3-4-14-5-10-20(28-13-14)15-6-8-16(9-7-15)22(26,27)29-17-11-18(23)21(25)19(24)12-17/h11-12,14-16,20H,2-10,13H2,1H3/t14-,15?,16?,20+/m1/s1. The van der Waals surface area contributed by atoms with Crippen LogP contribution in [0.5, 0.6) is 5.75 Å². The first-order valence-electron chi connectivity index (χ1n) is 10.6. The highest BCUT2D eigenvalue weighted by Crippen LogP contribution is 2.43. The fraction of sp³-hybridized carbons (Fsp3) is 0.727. The van der Waals surface area contributed by atoms with E-state index in [-0.39, 0.29) is 24.9 Å². The third-order valence-corrected chi connectivity index (χ3v) is 6.36. The van der Waals surface area contributed by atoms with Crippen LogP contribution in [0.25, 0.3) is 0 Å². The summed E-state index contributed by atoms with van der Waals surface area (Å²) >= 11 is 0. The second-order valence-electron chi connectivity index (χ2n) is 8.43. The van der Waals surface area contributed by atoms with Crippen LogP contribution in [0.2, 0.25) is 0 Å². The van der Waals surface area contributed by atoms with E-state index in [4.69, 9.17) is 4.74 Å². The third-order valence-electron chi connectivity index (χ3n) is 6.36. The molecule has 7 heteroatoms. The maximum atomic E-state index is 14.5. The van der Waals surface area contributed by atoms with Gasteiger partial charge in [0.25, 0.3) is 0 Å². The van der Waals surface area contributed by atoms with Crippen molar-refractivity contribution >= 4 is 0 Å².